The normalized spacial score (nSPS) is 16.2. The zero-order valence-corrected chi connectivity index (χ0v) is 29.8. The predicted octanol–water partition coefficient (Wildman–Crippen LogP) is 11.0. The number of fused-ring (bicyclic) bond motifs is 2. The summed E-state index contributed by atoms with van der Waals surface area (Å²) in [7, 11) is 12.5. The molecule has 0 saturated heterocycles. The second-order valence-electron chi connectivity index (χ2n) is 13.2. The van der Waals surface area contributed by atoms with Crippen molar-refractivity contribution in [3.05, 3.63) is 129 Å². The zero-order valence-electron chi connectivity index (χ0n) is 25.8. The molecule has 0 fully saturated rings. The van der Waals surface area contributed by atoms with E-state index in [2.05, 4.69) is 90.1 Å². The Kier molecular flexibility index (Phi) is 11.3. The van der Waals surface area contributed by atoms with Gasteiger partial charge in [0, 0.05) is 0 Å². The fourth-order valence-electron chi connectivity index (χ4n) is 6.53. The molecular formula is C38H46Cl2Zr-2. The van der Waals surface area contributed by atoms with E-state index >= 15 is 0 Å². The van der Waals surface area contributed by atoms with E-state index in [4.69, 9.17) is 17.0 Å². The zero-order chi connectivity index (χ0) is 29.6. The van der Waals surface area contributed by atoms with Crippen molar-refractivity contribution >= 4 is 20.2 Å². The molecule has 0 nitrogen and oxygen atoms in total. The van der Waals surface area contributed by atoms with E-state index in [1.54, 1.807) is 22.3 Å². The molecule has 2 aliphatic carbocycles. The summed E-state index contributed by atoms with van der Waals surface area (Å²) in [5.41, 5.74) is 12.6. The van der Waals surface area contributed by atoms with Gasteiger partial charge in [-0.1, -0.05) is 90.9 Å². The third kappa shape index (κ3) is 8.75. The molecule has 0 spiro atoms. The molecule has 0 aromatic heterocycles. The Balaban J connectivity index is 0.000000145. The molecule has 0 heterocycles. The molecule has 218 valence electrons. The minimum absolute atomic E-state index is 0.432. The fraction of sp³-hybridized carbons (Fsp3) is 0.395. The summed E-state index contributed by atoms with van der Waals surface area (Å²) in [6.07, 6.45) is 8.89. The molecule has 3 heteroatoms. The van der Waals surface area contributed by atoms with Crippen molar-refractivity contribution in [2.24, 2.45) is 0 Å². The van der Waals surface area contributed by atoms with E-state index in [1.807, 2.05) is 36.4 Å². The first-order chi connectivity index (χ1) is 19.5. The van der Waals surface area contributed by atoms with Crippen LogP contribution in [0.5, 0.6) is 0 Å². The van der Waals surface area contributed by atoms with Gasteiger partial charge in [-0.3, -0.25) is 0 Å². The van der Waals surface area contributed by atoms with Crippen LogP contribution in [0.25, 0.3) is 0 Å². The van der Waals surface area contributed by atoms with Crippen molar-refractivity contribution in [3.8, 4) is 0 Å². The maximum atomic E-state index is 6.25. The van der Waals surface area contributed by atoms with Crippen LogP contribution in [0.1, 0.15) is 97.9 Å². The Labute approximate surface area is 264 Å². The second-order valence-corrected chi connectivity index (χ2v) is 21.6. The standard InChI is InChI=1S/C14H12.2C12H17.2ClH.Zr/c1-3-7-13(8-4-1)11-12-14-9-5-2-6-10-14;2*1-9-7-10-5-4-6-12(2,3)11(10)8-9;;;/h1-10H,11H2;2*7-8H,4-6H2,1-3H3;2*1H;/q;2*-1;;;+2/p-2. The molecule has 0 saturated carbocycles. The second kappa shape index (κ2) is 14.3. The molecule has 4 aromatic carbocycles. The van der Waals surface area contributed by atoms with Gasteiger partial charge in [-0.05, 0) is 0 Å². The first-order valence-corrected chi connectivity index (χ1v) is 22.7. The van der Waals surface area contributed by atoms with Crippen molar-refractivity contribution < 1.29 is 18.9 Å². The van der Waals surface area contributed by atoms with Gasteiger partial charge in [0.15, 0.2) is 0 Å². The van der Waals surface area contributed by atoms with Crippen LogP contribution in [0.2, 0.25) is 0 Å². The number of halogens is 2. The summed E-state index contributed by atoms with van der Waals surface area (Å²) in [5.74, 6) is 0. The molecule has 0 radical (unpaired) electrons. The summed E-state index contributed by atoms with van der Waals surface area (Å²) in [6, 6.07) is 30.0. The van der Waals surface area contributed by atoms with Gasteiger partial charge in [-0.2, -0.15) is 45.5 Å². The van der Waals surface area contributed by atoms with E-state index in [0.717, 1.165) is 6.42 Å². The van der Waals surface area contributed by atoms with Gasteiger partial charge in [-0.15, -0.1) is 0 Å². The fourth-order valence-corrected chi connectivity index (χ4v) is 10.4. The first kappa shape index (κ1) is 32.4. The SMILES string of the molecule is Cc1cc2c([cH-]1)CCCC2(C)C.Cc1cc2c([cH-]1)CCCC2(C)C.[Cl][Zr]([Cl])=[C](Cc1ccccc1)c1ccccc1. The van der Waals surface area contributed by atoms with Crippen molar-refractivity contribution in [1.29, 1.82) is 0 Å². The van der Waals surface area contributed by atoms with Crippen LogP contribution >= 0.6 is 17.0 Å². The average molecular weight is 665 g/mol. The number of hydrogen-bond donors (Lipinski definition) is 0. The molecule has 41 heavy (non-hydrogen) atoms. The molecule has 6 rings (SSSR count). The third-order valence-corrected chi connectivity index (χ3v) is 13.7. The van der Waals surface area contributed by atoms with Crippen LogP contribution in [-0.2, 0) is 49.0 Å². The predicted molar refractivity (Wildman–Crippen MR) is 178 cm³/mol. The topological polar surface area (TPSA) is 0 Å². The number of hydrogen-bond acceptors (Lipinski definition) is 0. The summed E-state index contributed by atoms with van der Waals surface area (Å²) >= 11 is -2.38. The molecule has 0 bridgehead atoms. The number of rotatable bonds is 3. The Morgan fingerprint density at radius 3 is 1.56 bits per heavy atom. The molecule has 0 unspecified atom stereocenters. The first-order valence-electron chi connectivity index (χ1n) is 15.1. The monoisotopic (exact) mass is 662 g/mol. The van der Waals surface area contributed by atoms with Crippen molar-refractivity contribution in [1.82, 2.24) is 0 Å². The summed E-state index contributed by atoms with van der Waals surface area (Å²) in [6.45, 7) is 13.9. The Bertz CT molecular complexity index is 1370. The molecular weight excluding hydrogens is 619 g/mol. The molecule has 0 amide bonds. The summed E-state index contributed by atoms with van der Waals surface area (Å²) in [4.78, 5) is 0. The van der Waals surface area contributed by atoms with Crippen LogP contribution in [-0.4, -0.2) is 3.21 Å². The summed E-state index contributed by atoms with van der Waals surface area (Å²) in [5, 5.41) is 0. The van der Waals surface area contributed by atoms with E-state index in [0.29, 0.717) is 10.8 Å². The van der Waals surface area contributed by atoms with Gasteiger partial charge in [-0.25, -0.2) is 12.1 Å². The van der Waals surface area contributed by atoms with E-state index < -0.39 is 18.9 Å². The van der Waals surface area contributed by atoms with Gasteiger partial charge >= 0.3 is 117 Å². The molecule has 4 aromatic rings. The van der Waals surface area contributed by atoms with Crippen molar-refractivity contribution in [2.45, 2.75) is 97.3 Å². The molecule has 2 aliphatic rings. The van der Waals surface area contributed by atoms with Gasteiger partial charge in [0.25, 0.3) is 0 Å². The number of benzene rings is 2. The van der Waals surface area contributed by atoms with E-state index in [1.165, 1.54) is 64.0 Å². The van der Waals surface area contributed by atoms with E-state index in [9.17, 15) is 0 Å². The Hall–Kier alpha value is -1.53. The Morgan fingerprint density at radius 1 is 0.707 bits per heavy atom. The third-order valence-electron chi connectivity index (χ3n) is 8.77. The molecule has 0 aliphatic heterocycles. The summed E-state index contributed by atoms with van der Waals surface area (Å²) < 4.78 is 1.24. The van der Waals surface area contributed by atoms with Crippen LogP contribution < -0.4 is 0 Å². The number of aryl methyl sites for hydroxylation is 4. The van der Waals surface area contributed by atoms with E-state index in [-0.39, 0.29) is 0 Å². The van der Waals surface area contributed by atoms with Crippen LogP contribution in [0.15, 0.2) is 84.9 Å². The van der Waals surface area contributed by atoms with Gasteiger partial charge in [0.1, 0.15) is 0 Å². The average Bonchev–Trinajstić information content (AvgIpc) is 3.52. The Morgan fingerprint density at radius 2 is 1.15 bits per heavy atom. The van der Waals surface area contributed by atoms with Crippen LogP contribution in [0, 0.1) is 13.8 Å². The van der Waals surface area contributed by atoms with Gasteiger partial charge in [0.05, 0.1) is 0 Å². The minimum atomic E-state index is -2.38. The van der Waals surface area contributed by atoms with Crippen molar-refractivity contribution in [3.63, 3.8) is 0 Å². The quantitative estimate of drug-likeness (QED) is 0.191. The van der Waals surface area contributed by atoms with Crippen molar-refractivity contribution in [2.75, 3.05) is 0 Å². The van der Waals surface area contributed by atoms with Gasteiger partial charge < -0.3 is 0 Å². The van der Waals surface area contributed by atoms with Gasteiger partial charge in [0.2, 0.25) is 0 Å². The maximum absolute atomic E-state index is 6.25. The van der Waals surface area contributed by atoms with Crippen LogP contribution in [0.3, 0.4) is 0 Å². The molecule has 0 atom stereocenters. The molecule has 0 N–H and O–H groups in total. The van der Waals surface area contributed by atoms with Crippen LogP contribution in [0.4, 0.5) is 0 Å².